The number of hydrogen-bond acceptors (Lipinski definition) is 3. The van der Waals surface area contributed by atoms with Crippen LogP contribution in [0.2, 0.25) is 0 Å². The van der Waals surface area contributed by atoms with E-state index in [0.29, 0.717) is 24.3 Å². The molecule has 5 heteroatoms. The molecule has 0 saturated carbocycles. The van der Waals surface area contributed by atoms with Crippen LogP contribution in [0.25, 0.3) is 0 Å². The van der Waals surface area contributed by atoms with E-state index < -0.39 is 17.9 Å². The van der Waals surface area contributed by atoms with E-state index in [1.54, 1.807) is 6.92 Å². The zero-order chi connectivity index (χ0) is 15.0. The van der Waals surface area contributed by atoms with Crippen molar-refractivity contribution >= 4 is 12.4 Å². The van der Waals surface area contributed by atoms with Gasteiger partial charge in [0.2, 0.25) is 6.41 Å². The lowest BCUT2D eigenvalue weighted by Crippen LogP contribution is -2.40. The number of aryl methyl sites for hydroxylation is 1. The van der Waals surface area contributed by atoms with Crippen LogP contribution < -0.4 is 0 Å². The Morgan fingerprint density at radius 2 is 2.00 bits per heavy atom. The molecule has 1 aromatic carbocycles. The number of hydroxylamine groups is 2. The first kappa shape index (κ1) is 16.2. The number of carbonyl (C=O) groups excluding carboxylic acids is 1. The van der Waals surface area contributed by atoms with Gasteiger partial charge in [-0.05, 0) is 31.2 Å². The van der Waals surface area contributed by atoms with Gasteiger partial charge in [-0.2, -0.15) is 0 Å². The summed E-state index contributed by atoms with van der Waals surface area (Å²) in [5, 5.41) is 19.2. The molecular formula is C15H21NO4. The quantitative estimate of drug-likeness (QED) is 0.413. The first-order valence-electron chi connectivity index (χ1n) is 6.79. The van der Waals surface area contributed by atoms with E-state index in [0.717, 1.165) is 12.0 Å². The van der Waals surface area contributed by atoms with Crippen LogP contribution in [0.3, 0.4) is 0 Å². The average Bonchev–Trinajstić information content (AvgIpc) is 2.46. The van der Waals surface area contributed by atoms with Crippen molar-refractivity contribution in [3.8, 4) is 0 Å². The lowest BCUT2D eigenvalue weighted by molar-refractivity contribution is -0.172. The summed E-state index contributed by atoms with van der Waals surface area (Å²) < 4.78 is 0. The van der Waals surface area contributed by atoms with Crippen LogP contribution in [0.5, 0.6) is 0 Å². The monoisotopic (exact) mass is 279 g/mol. The number of hydrogen-bond donors (Lipinski definition) is 2. The maximum absolute atomic E-state index is 11.3. The Labute approximate surface area is 118 Å². The number of amides is 1. The smallest absolute Gasteiger partial charge is 0.308 e. The Bertz CT molecular complexity index is 421. The topological polar surface area (TPSA) is 77.8 Å². The zero-order valence-corrected chi connectivity index (χ0v) is 11.6. The summed E-state index contributed by atoms with van der Waals surface area (Å²) >= 11 is 0. The van der Waals surface area contributed by atoms with E-state index in [1.165, 1.54) is 0 Å². The van der Waals surface area contributed by atoms with Crippen LogP contribution in [0.15, 0.2) is 30.3 Å². The van der Waals surface area contributed by atoms with Crippen molar-refractivity contribution < 1.29 is 19.9 Å². The van der Waals surface area contributed by atoms with Crippen molar-refractivity contribution in [2.45, 2.75) is 38.6 Å². The van der Waals surface area contributed by atoms with Gasteiger partial charge < -0.3 is 5.11 Å². The molecule has 0 spiro atoms. The third kappa shape index (κ3) is 4.66. The van der Waals surface area contributed by atoms with E-state index in [1.807, 2.05) is 30.3 Å². The molecule has 0 heterocycles. The lowest BCUT2D eigenvalue weighted by Gasteiger charge is -2.27. The van der Waals surface area contributed by atoms with E-state index in [4.69, 9.17) is 0 Å². The highest BCUT2D eigenvalue weighted by Crippen LogP contribution is 2.20. The Balaban J connectivity index is 2.58. The van der Waals surface area contributed by atoms with E-state index in [9.17, 15) is 19.9 Å². The molecule has 2 atom stereocenters. The van der Waals surface area contributed by atoms with Gasteiger partial charge in [-0.15, -0.1) is 0 Å². The second-order valence-corrected chi connectivity index (χ2v) is 4.78. The highest BCUT2D eigenvalue weighted by Gasteiger charge is 2.30. The summed E-state index contributed by atoms with van der Waals surface area (Å²) in [5.74, 6) is -1.73. The zero-order valence-electron chi connectivity index (χ0n) is 11.6. The standard InChI is InChI=1S/C15H21NO4/c1-2-14(16(20)11-17)13(15(18)19)10-6-9-12-7-4-3-5-8-12/h3-5,7-8,11,13-14,20H,2,6,9-10H2,1H3,(H,18,19)/t13-,14+/m1/s1. The van der Waals surface area contributed by atoms with Gasteiger partial charge in [-0.3, -0.25) is 14.8 Å². The summed E-state index contributed by atoms with van der Waals surface area (Å²) in [6.45, 7) is 1.75. The van der Waals surface area contributed by atoms with Gasteiger partial charge in [0.15, 0.2) is 0 Å². The number of carboxylic acids is 1. The molecule has 0 saturated heterocycles. The summed E-state index contributed by atoms with van der Waals surface area (Å²) in [6, 6.07) is 9.14. The minimum atomic E-state index is -0.981. The molecule has 1 aromatic rings. The molecule has 0 radical (unpaired) electrons. The second-order valence-electron chi connectivity index (χ2n) is 4.78. The number of carboxylic acid groups (broad SMARTS) is 1. The Kier molecular flexibility index (Phi) is 6.73. The van der Waals surface area contributed by atoms with E-state index in [2.05, 4.69) is 0 Å². The van der Waals surface area contributed by atoms with Crippen molar-refractivity contribution in [3.63, 3.8) is 0 Å². The normalized spacial score (nSPS) is 13.5. The fourth-order valence-corrected chi connectivity index (χ4v) is 2.39. The molecular weight excluding hydrogens is 258 g/mol. The SMILES string of the molecule is CC[C@@H]([C@@H](CCCc1ccccc1)C(=O)O)N(O)C=O. The molecule has 110 valence electrons. The molecule has 1 rings (SSSR count). The van der Waals surface area contributed by atoms with Crippen molar-refractivity contribution in [1.29, 1.82) is 0 Å². The molecule has 0 aliphatic rings. The van der Waals surface area contributed by atoms with Crippen molar-refractivity contribution in [2.75, 3.05) is 0 Å². The molecule has 0 aromatic heterocycles. The summed E-state index contributed by atoms with van der Waals surface area (Å²) in [4.78, 5) is 21.9. The molecule has 2 N–H and O–H groups in total. The van der Waals surface area contributed by atoms with Gasteiger partial charge in [0.05, 0.1) is 12.0 Å². The number of carbonyl (C=O) groups is 2. The van der Waals surface area contributed by atoms with Crippen LogP contribution in [0.1, 0.15) is 31.7 Å². The predicted molar refractivity (Wildman–Crippen MR) is 74.3 cm³/mol. The number of nitrogens with zero attached hydrogens (tertiary/aromatic N) is 1. The van der Waals surface area contributed by atoms with Crippen LogP contribution >= 0.6 is 0 Å². The van der Waals surface area contributed by atoms with Gasteiger partial charge in [0.1, 0.15) is 0 Å². The maximum atomic E-state index is 11.3. The third-order valence-corrected chi connectivity index (χ3v) is 3.47. The number of aliphatic carboxylic acids is 1. The molecule has 0 unspecified atom stereocenters. The van der Waals surface area contributed by atoms with Gasteiger partial charge in [0.25, 0.3) is 0 Å². The second kappa shape index (κ2) is 8.32. The minimum Gasteiger partial charge on any atom is -0.481 e. The van der Waals surface area contributed by atoms with Crippen LogP contribution in [-0.4, -0.2) is 33.8 Å². The summed E-state index contributed by atoms with van der Waals surface area (Å²) in [7, 11) is 0. The fourth-order valence-electron chi connectivity index (χ4n) is 2.39. The summed E-state index contributed by atoms with van der Waals surface area (Å²) in [6.07, 6.45) is 2.57. The first-order valence-corrected chi connectivity index (χ1v) is 6.79. The lowest BCUT2D eigenvalue weighted by atomic mass is 9.91. The van der Waals surface area contributed by atoms with Crippen molar-refractivity contribution in [2.24, 2.45) is 5.92 Å². The van der Waals surface area contributed by atoms with Crippen molar-refractivity contribution in [1.82, 2.24) is 5.06 Å². The van der Waals surface area contributed by atoms with Crippen LogP contribution in [-0.2, 0) is 16.0 Å². The Morgan fingerprint density at radius 1 is 1.35 bits per heavy atom. The van der Waals surface area contributed by atoms with Crippen molar-refractivity contribution in [3.05, 3.63) is 35.9 Å². The Hall–Kier alpha value is -1.88. The molecule has 1 amide bonds. The fraction of sp³-hybridized carbons (Fsp3) is 0.467. The third-order valence-electron chi connectivity index (χ3n) is 3.47. The molecule has 5 nitrogen and oxygen atoms in total. The predicted octanol–water partition coefficient (Wildman–Crippen LogP) is 2.34. The van der Waals surface area contributed by atoms with Gasteiger partial charge >= 0.3 is 5.97 Å². The van der Waals surface area contributed by atoms with Gasteiger partial charge in [0, 0.05) is 0 Å². The van der Waals surface area contributed by atoms with E-state index >= 15 is 0 Å². The minimum absolute atomic E-state index is 0.265. The molecule has 20 heavy (non-hydrogen) atoms. The molecule has 0 fully saturated rings. The van der Waals surface area contributed by atoms with Crippen LogP contribution in [0.4, 0.5) is 0 Å². The average molecular weight is 279 g/mol. The Morgan fingerprint density at radius 3 is 2.50 bits per heavy atom. The van der Waals surface area contributed by atoms with E-state index in [-0.39, 0.29) is 6.41 Å². The molecule has 0 aliphatic carbocycles. The number of rotatable bonds is 9. The number of benzene rings is 1. The molecule has 0 bridgehead atoms. The first-order chi connectivity index (χ1) is 9.60. The van der Waals surface area contributed by atoms with Crippen LogP contribution in [0, 0.1) is 5.92 Å². The maximum Gasteiger partial charge on any atom is 0.308 e. The summed E-state index contributed by atoms with van der Waals surface area (Å²) in [5.41, 5.74) is 1.15. The molecule has 0 aliphatic heterocycles. The highest BCUT2D eigenvalue weighted by atomic mass is 16.5. The largest absolute Gasteiger partial charge is 0.481 e. The van der Waals surface area contributed by atoms with Gasteiger partial charge in [-0.1, -0.05) is 37.3 Å². The van der Waals surface area contributed by atoms with Gasteiger partial charge in [-0.25, -0.2) is 5.06 Å². The highest BCUT2D eigenvalue weighted by molar-refractivity contribution is 5.71.